The monoisotopic (exact) mass is 155 g/mol. The molecule has 0 amide bonds. The number of rotatable bonds is 1. The van der Waals surface area contributed by atoms with E-state index in [0.717, 1.165) is 0 Å². The predicted molar refractivity (Wildman–Crippen MR) is 41.4 cm³/mol. The van der Waals surface area contributed by atoms with Crippen LogP contribution in [0.4, 0.5) is 0 Å². The highest BCUT2D eigenvalue weighted by Crippen LogP contribution is 2.18. The van der Waals surface area contributed by atoms with Gasteiger partial charge in [-0.3, -0.25) is 0 Å². The maximum atomic E-state index is 8.64. The highest BCUT2D eigenvalue weighted by atomic mass is 16.5. The van der Waals surface area contributed by atoms with Gasteiger partial charge in [0.15, 0.2) is 6.29 Å². The molecule has 0 rings (SSSR count). The highest BCUT2D eigenvalue weighted by molar-refractivity contribution is 5.24. The number of nitriles is 1. The van der Waals surface area contributed by atoms with Gasteiger partial charge in [-0.15, -0.1) is 0 Å². The Morgan fingerprint density at radius 2 is 1.91 bits per heavy atom. The molecule has 0 unspecified atom stereocenters. The SMILES string of the molecule is CC(C)(C)/C=C(\C#N)C(O)O. The first-order valence-corrected chi connectivity index (χ1v) is 3.36. The summed E-state index contributed by atoms with van der Waals surface area (Å²) in [4.78, 5) is 0. The Morgan fingerprint density at radius 1 is 1.45 bits per heavy atom. The van der Waals surface area contributed by atoms with Crippen LogP contribution < -0.4 is 0 Å². The molecule has 11 heavy (non-hydrogen) atoms. The number of aliphatic hydroxyl groups excluding tert-OH is 1. The van der Waals surface area contributed by atoms with Crippen molar-refractivity contribution in [3.8, 4) is 6.07 Å². The summed E-state index contributed by atoms with van der Waals surface area (Å²) in [6.07, 6.45) is -0.114. The van der Waals surface area contributed by atoms with Crippen LogP contribution in [-0.4, -0.2) is 16.5 Å². The van der Waals surface area contributed by atoms with E-state index < -0.39 is 6.29 Å². The molecular formula is C8H13NO2. The lowest BCUT2D eigenvalue weighted by atomic mass is 9.94. The van der Waals surface area contributed by atoms with Crippen molar-refractivity contribution in [1.82, 2.24) is 0 Å². The van der Waals surface area contributed by atoms with Gasteiger partial charge >= 0.3 is 0 Å². The van der Waals surface area contributed by atoms with Crippen molar-refractivity contribution in [2.24, 2.45) is 5.41 Å². The highest BCUT2D eigenvalue weighted by Gasteiger charge is 2.12. The zero-order valence-electron chi connectivity index (χ0n) is 7.00. The van der Waals surface area contributed by atoms with Crippen LogP contribution in [0.15, 0.2) is 11.6 Å². The third-order valence-electron chi connectivity index (χ3n) is 0.996. The van der Waals surface area contributed by atoms with E-state index in [4.69, 9.17) is 15.5 Å². The number of nitrogens with zero attached hydrogens (tertiary/aromatic N) is 1. The van der Waals surface area contributed by atoms with E-state index in [0.29, 0.717) is 0 Å². The molecule has 3 heteroatoms. The smallest absolute Gasteiger partial charge is 0.188 e. The molecular weight excluding hydrogens is 142 g/mol. The van der Waals surface area contributed by atoms with Crippen molar-refractivity contribution in [3.05, 3.63) is 11.6 Å². The molecule has 0 aliphatic rings. The van der Waals surface area contributed by atoms with Crippen molar-refractivity contribution in [1.29, 1.82) is 5.26 Å². The largest absolute Gasteiger partial charge is 0.364 e. The van der Waals surface area contributed by atoms with Crippen LogP contribution >= 0.6 is 0 Å². The molecule has 0 saturated heterocycles. The maximum absolute atomic E-state index is 8.64. The molecule has 0 spiro atoms. The summed E-state index contributed by atoms with van der Waals surface area (Å²) >= 11 is 0. The number of aliphatic hydroxyl groups is 2. The fraction of sp³-hybridized carbons (Fsp3) is 0.625. The summed E-state index contributed by atoms with van der Waals surface area (Å²) < 4.78 is 0. The molecule has 0 fully saturated rings. The van der Waals surface area contributed by atoms with Crippen molar-refractivity contribution in [3.63, 3.8) is 0 Å². The Labute approximate surface area is 66.6 Å². The predicted octanol–water partition coefficient (Wildman–Crippen LogP) is 0.793. The van der Waals surface area contributed by atoms with Gasteiger partial charge < -0.3 is 10.2 Å². The third-order valence-corrected chi connectivity index (χ3v) is 0.996. The Morgan fingerprint density at radius 3 is 2.00 bits per heavy atom. The third kappa shape index (κ3) is 4.54. The molecule has 0 heterocycles. The van der Waals surface area contributed by atoms with Crippen LogP contribution in [0.2, 0.25) is 0 Å². The van der Waals surface area contributed by atoms with Crippen LogP contribution in [-0.2, 0) is 0 Å². The lowest BCUT2D eigenvalue weighted by Crippen LogP contribution is -2.11. The molecule has 0 atom stereocenters. The van der Waals surface area contributed by atoms with Crippen molar-refractivity contribution < 1.29 is 10.2 Å². The fourth-order valence-corrected chi connectivity index (χ4v) is 0.631. The molecule has 0 aromatic carbocycles. The Hall–Kier alpha value is -0.850. The minimum absolute atomic E-state index is 0.00231. The fourth-order valence-electron chi connectivity index (χ4n) is 0.631. The van der Waals surface area contributed by atoms with Crippen LogP contribution in [0.3, 0.4) is 0 Å². The minimum atomic E-state index is -1.65. The number of hydrogen-bond acceptors (Lipinski definition) is 3. The summed E-state index contributed by atoms with van der Waals surface area (Å²) in [6.45, 7) is 5.64. The Bertz CT molecular complexity index is 193. The Kier molecular flexibility index (Phi) is 3.24. The molecule has 0 aliphatic carbocycles. The van der Waals surface area contributed by atoms with E-state index in [2.05, 4.69) is 0 Å². The number of allylic oxidation sites excluding steroid dienone is 1. The first kappa shape index (κ1) is 10.2. The van der Waals surface area contributed by atoms with Gasteiger partial charge in [-0.2, -0.15) is 5.26 Å². The summed E-state index contributed by atoms with van der Waals surface area (Å²) in [7, 11) is 0. The first-order chi connectivity index (χ1) is 4.87. The molecule has 0 saturated carbocycles. The van der Waals surface area contributed by atoms with Crippen molar-refractivity contribution in [2.45, 2.75) is 27.1 Å². The summed E-state index contributed by atoms with van der Waals surface area (Å²) in [6, 6.07) is 1.72. The standard InChI is InChI=1S/C8H13NO2/c1-8(2,3)4-6(5-9)7(10)11/h4,7,10-11H,1-3H3/b6-4+. The average molecular weight is 155 g/mol. The van der Waals surface area contributed by atoms with E-state index in [1.54, 1.807) is 6.07 Å². The zero-order chi connectivity index (χ0) is 9.07. The van der Waals surface area contributed by atoms with Gasteiger partial charge in [-0.25, -0.2) is 0 Å². The minimum Gasteiger partial charge on any atom is -0.364 e. The van der Waals surface area contributed by atoms with Crippen LogP contribution in [0.1, 0.15) is 20.8 Å². The normalized spacial score (nSPS) is 13.4. The van der Waals surface area contributed by atoms with Gasteiger partial charge in [0.05, 0.1) is 11.6 Å². The van der Waals surface area contributed by atoms with Gasteiger partial charge in [-0.05, 0) is 5.41 Å². The van der Waals surface area contributed by atoms with Crippen LogP contribution in [0.25, 0.3) is 0 Å². The van der Waals surface area contributed by atoms with Gasteiger partial charge in [-0.1, -0.05) is 26.8 Å². The van der Waals surface area contributed by atoms with Gasteiger partial charge in [0, 0.05) is 0 Å². The molecule has 0 aromatic heterocycles. The molecule has 2 N–H and O–H groups in total. The van der Waals surface area contributed by atoms with Crippen LogP contribution in [0, 0.1) is 16.7 Å². The van der Waals surface area contributed by atoms with E-state index in [-0.39, 0.29) is 11.0 Å². The molecule has 0 radical (unpaired) electrons. The second kappa shape index (κ2) is 3.51. The summed E-state index contributed by atoms with van der Waals surface area (Å²) in [5, 5.41) is 25.7. The maximum Gasteiger partial charge on any atom is 0.188 e. The molecule has 0 aromatic rings. The molecule has 0 bridgehead atoms. The summed E-state index contributed by atoms with van der Waals surface area (Å²) in [5.41, 5.74) is -0.202. The first-order valence-electron chi connectivity index (χ1n) is 3.36. The second-order valence-corrected chi connectivity index (χ2v) is 3.45. The van der Waals surface area contributed by atoms with Gasteiger partial charge in [0.2, 0.25) is 0 Å². The van der Waals surface area contributed by atoms with E-state index in [9.17, 15) is 0 Å². The topological polar surface area (TPSA) is 64.2 Å². The molecule has 62 valence electrons. The molecule has 0 aliphatic heterocycles. The second-order valence-electron chi connectivity index (χ2n) is 3.45. The lowest BCUT2D eigenvalue weighted by molar-refractivity contribution is -0.00487. The van der Waals surface area contributed by atoms with Gasteiger partial charge in [0.1, 0.15) is 0 Å². The van der Waals surface area contributed by atoms with E-state index >= 15 is 0 Å². The summed E-state index contributed by atoms with van der Waals surface area (Å²) in [5.74, 6) is 0. The van der Waals surface area contributed by atoms with Crippen molar-refractivity contribution in [2.75, 3.05) is 0 Å². The lowest BCUT2D eigenvalue weighted by Gasteiger charge is -2.13. The van der Waals surface area contributed by atoms with E-state index in [1.807, 2.05) is 20.8 Å². The zero-order valence-corrected chi connectivity index (χ0v) is 7.00. The average Bonchev–Trinajstić information content (AvgIpc) is 1.80. The van der Waals surface area contributed by atoms with Crippen molar-refractivity contribution >= 4 is 0 Å². The molecule has 3 nitrogen and oxygen atoms in total. The number of hydrogen-bond donors (Lipinski definition) is 2. The quantitative estimate of drug-likeness (QED) is 0.434. The van der Waals surface area contributed by atoms with Gasteiger partial charge in [0.25, 0.3) is 0 Å². The Balaban J connectivity index is 4.53. The van der Waals surface area contributed by atoms with E-state index in [1.165, 1.54) is 6.08 Å². The van der Waals surface area contributed by atoms with Crippen LogP contribution in [0.5, 0.6) is 0 Å².